The largest absolute Gasteiger partial charge is 0.461 e. The highest BCUT2D eigenvalue weighted by molar-refractivity contribution is 6.03. The summed E-state index contributed by atoms with van der Waals surface area (Å²) in [6, 6.07) is 29.2. The van der Waals surface area contributed by atoms with E-state index in [9.17, 15) is 33.6 Å². The molecule has 37 heteroatoms. The third-order valence-corrected chi connectivity index (χ3v) is 22.2. The first-order chi connectivity index (χ1) is 71.2. The van der Waals surface area contributed by atoms with Gasteiger partial charge in [0, 0.05) is 32.2 Å². The maximum Gasteiger partial charge on any atom is 0.335 e. The van der Waals surface area contributed by atoms with Crippen LogP contribution in [0.5, 0.6) is 0 Å². The summed E-state index contributed by atoms with van der Waals surface area (Å²) in [6.45, 7) is 21.4. The van der Waals surface area contributed by atoms with Crippen LogP contribution in [0.1, 0.15) is 203 Å². The minimum atomic E-state index is -1.32. The quantitative estimate of drug-likeness (QED) is 0.0180. The highest BCUT2D eigenvalue weighted by atomic mass is 16.7. The van der Waals surface area contributed by atoms with E-state index in [1.165, 1.54) is 12.8 Å². The number of carbonyl (C=O) groups excluding carboxylic acids is 7. The highest BCUT2D eigenvalue weighted by Crippen LogP contribution is 2.35. The van der Waals surface area contributed by atoms with Crippen molar-refractivity contribution in [2.45, 2.75) is 206 Å². The Bertz CT molecular complexity index is 3290. The van der Waals surface area contributed by atoms with E-state index in [2.05, 4.69) is 5.32 Å². The van der Waals surface area contributed by atoms with Crippen molar-refractivity contribution in [2.75, 3.05) is 324 Å². The lowest BCUT2D eigenvalue weighted by atomic mass is 9.76. The number of hydrogen-bond donors (Lipinski definition) is 1. The van der Waals surface area contributed by atoms with Gasteiger partial charge in [0.25, 0.3) is 11.8 Å². The van der Waals surface area contributed by atoms with Crippen LogP contribution < -0.4 is 5.32 Å². The maximum atomic E-state index is 14.6. The van der Waals surface area contributed by atoms with Crippen molar-refractivity contribution < 1.29 is 166 Å². The fraction of sp³-hybridized carbons (Fsp3) is 0.766. The monoisotopic (exact) mass is 2050 g/mol. The molecule has 1 fully saturated rings. The molecule has 0 bridgehead atoms. The summed E-state index contributed by atoms with van der Waals surface area (Å²) in [6.07, 6.45) is 24.5. The van der Waals surface area contributed by atoms with Crippen LogP contribution in [0.15, 0.2) is 91.0 Å². The predicted octanol–water partition coefficient (Wildman–Crippen LogP) is 12.9. The molecule has 144 heavy (non-hydrogen) atoms. The topological polar surface area (TPSA) is 393 Å². The summed E-state index contributed by atoms with van der Waals surface area (Å²) in [7, 11) is 0. The van der Waals surface area contributed by atoms with Gasteiger partial charge in [-0.15, -0.1) is 5.06 Å². The number of ether oxygens (including phenoxy) is 27. The van der Waals surface area contributed by atoms with Gasteiger partial charge in [-0.05, 0) is 42.4 Å². The number of nitrogens with zero attached hydrogens (tertiary/aromatic N) is 1. The molecule has 0 aliphatic carbocycles. The predicted molar refractivity (Wildman–Crippen MR) is 536 cm³/mol. The lowest BCUT2D eigenvalue weighted by Gasteiger charge is -2.31. The van der Waals surface area contributed by atoms with Gasteiger partial charge in [-0.25, -0.2) is 4.79 Å². The first-order valence-corrected chi connectivity index (χ1v) is 53.0. The highest BCUT2D eigenvalue weighted by Gasteiger charge is 2.46. The second-order valence-corrected chi connectivity index (χ2v) is 34.0. The summed E-state index contributed by atoms with van der Waals surface area (Å²) in [4.78, 5) is 93.0. The fourth-order valence-corrected chi connectivity index (χ4v) is 14.2. The third kappa shape index (κ3) is 81.2. The van der Waals surface area contributed by atoms with Gasteiger partial charge in [0.15, 0.2) is 0 Å². The number of nitrogens with one attached hydrogen (secondary N) is 1. The van der Waals surface area contributed by atoms with Gasteiger partial charge in [-0.2, -0.15) is 0 Å². The van der Waals surface area contributed by atoms with Gasteiger partial charge < -0.3 is 138 Å². The van der Waals surface area contributed by atoms with E-state index in [1.54, 1.807) is 0 Å². The molecule has 0 unspecified atom stereocenters. The Morgan fingerprint density at radius 1 is 0.222 bits per heavy atom. The molecule has 1 saturated heterocycles. The molecule has 0 saturated carbocycles. The van der Waals surface area contributed by atoms with E-state index >= 15 is 0 Å². The molecule has 1 aliphatic rings. The molecule has 3 amide bonds. The second kappa shape index (κ2) is 101. The molecule has 1 aliphatic heterocycles. The minimum Gasteiger partial charge on any atom is -0.461 e. The fourth-order valence-electron chi connectivity index (χ4n) is 14.2. The van der Waals surface area contributed by atoms with Gasteiger partial charge in [0.05, 0.1) is 324 Å². The SMILES string of the molecule is O=C(CCCCCCCCCCCCCC(CCCCCCCCCCCCCC(=O)OCc1ccccc1)(C(=O)NCCOCCOCCOCCOCCOCCOCCOCCOCCOCCOCCOCCOCCOCCOCCOCCOCCOCCOCCOCCOCCOCCOCCOCCOCCC(=O)ON1C(=O)CCC1=O)C(=O)OCc1ccccc1)OCc1ccccc1. The van der Waals surface area contributed by atoms with Crippen LogP contribution >= 0.6 is 0 Å². The molecule has 826 valence electrons. The average Bonchev–Trinajstić information content (AvgIpc) is 0.997. The Balaban J connectivity index is 0.832. The molecular weight excluding hydrogens is 1870 g/mol. The van der Waals surface area contributed by atoms with Gasteiger partial charge in [0.2, 0.25) is 5.91 Å². The number of amides is 3. The summed E-state index contributed by atoms with van der Waals surface area (Å²) in [5.41, 5.74) is 1.54. The lowest BCUT2D eigenvalue weighted by Crippen LogP contribution is -2.48. The number of rotatable bonds is 112. The van der Waals surface area contributed by atoms with Gasteiger partial charge in [-0.1, -0.05) is 219 Å². The van der Waals surface area contributed by atoms with Crippen LogP contribution in [0.2, 0.25) is 0 Å². The molecule has 0 radical (unpaired) electrons. The van der Waals surface area contributed by atoms with Crippen LogP contribution in [0.3, 0.4) is 0 Å². The van der Waals surface area contributed by atoms with Crippen LogP contribution in [0.25, 0.3) is 0 Å². The van der Waals surface area contributed by atoms with E-state index in [0.29, 0.717) is 341 Å². The van der Waals surface area contributed by atoms with Crippen LogP contribution in [0, 0.1) is 5.41 Å². The van der Waals surface area contributed by atoms with Gasteiger partial charge in [0.1, 0.15) is 25.2 Å². The number of benzene rings is 3. The Morgan fingerprint density at radius 3 is 0.646 bits per heavy atom. The Hall–Kier alpha value is -6.81. The number of esters is 3. The first-order valence-electron chi connectivity index (χ1n) is 53.0. The molecule has 0 aromatic heterocycles. The Kier molecular flexibility index (Phi) is 90.6. The molecule has 0 spiro atoms. The van der Waals surface area contributed by atoms with Crippen LogP contribution in [-0.4, -0.2) is 370 Å². The van der Waals surface area contributed by atoms with E-state index in [0.717, 1.165) is 145 Å². The van der Waals surface area contributed by atoms with E-state index < -0.39 is 29.2 Å². The molecule has 37 nitrogen and oxygen atoms in total. The Morgan fingerprint density at radius 2 is 0.417 bits per heavy atom. The molecule has 4 rings (SSSR count). The molecule has 0 atom stereocenters. The van der Waals surface area contributed by atoms with Crippen molar-refractivity contribution in [3.05, 3.63) is 108 Å². The zero-order chi connectivity index (χ0) is 102. The zero-order valence-electron chi connectivity index (χ0n) is 86.7. The molecule has 1 N–H and O–H groups in total. The first kappa shape index (κ1) is 129. The van der Waals surface area contributed by atoms with Gasteiger partial charge >= 0.3 is 23.9 Å². The number of hydrogen-bond acceptors (Lipinski definition) is 35. The minimum absolute atomic E-state index is 0.0480. The van der Waals surface area contributed by atoms with Crippen molar-refractivity contribution in [2.24, 2.45) is 5.41 Å². The third-order valence-electron chi connectivity index (χ3n) is 22.2. The zero-order valence-corrected chi connectivity index (χ0v) is 86.7. The summed E-state index contributed by atoms with van der Waals surface area (Å²) in [5.74, 6) is -2.78. The summed E-state index contributed by atoms with van der Waals surface area (Å²) >= 11 is 0. The normalized spacial score (nSPS) is 12.2. The van der Waals surface area contributed by atoms with Crippen molar-refractivity contribution in [3.63, 3.8) is 0 Å². The smallest absolute Gasteiger partial charge is 0.335 e. The molecule has 3 aromatic rings. The van der Waals surface area contributed by atoms with E-state index in [-0.39, 0.29) is 70.1 Å². The summed E-state index contributed by atoms with van der Waals surface area (Å²) < 4.78 is 150. The van der Waals surface area contributed by atoms with Crippen LogP contribution in [0.4, 0.5) is 0 Å². The van der Waals surface area contributed by atoms with Crippen molar-refractivity contribution in [1.29, 1.82) is 0 Å². The molecular formula is C107H178N2O35. The number of carbonyl (C=O) groups is 7. The maximum absolute atomic E-state index is 14.6. The van der Waals surface area contributed by atoms with Crippen molar-refractivity contribution in [3.8, 4) is 0 Å². The molecule has 1 heterocycles. The standard InChI is InChI=1S/C107H178N2O35/c110-100-40-41-101(111)109(100)144-104(114)42-46-117-48-50-119-52-54-121-56-58-123-60-62-125-64-66-127-68-70-129-72-74-131-76-78-133-80-82-135-84-86-137-88-90-139-92-93-140-91-89-138-87-85-136-83-81-134-79-77-132-75-73-130-71-69-128-67-65-126-63-61-124-59-57-122-55-53-120-51-49-118-47-45-108-105(115)107(106(116)143-96-99-36-26-21-27-37-99,43-30-17-13-9-5-1-3-7-11-15-28-38-102(112)141-94-97-32-22-19-23-33-97)44-31-18-14-10-6-2-4-8-12-16-29-39-103(113)142-95-98-34-24-20-25-35-98/h19-27,32-37H,1-18,28-31,38-96H2,(H,108,115). The number of unbranched alkanes of at least 4 members (excludes halogenated alkanes) is 20. The number of imide groups is 1. The van der Waals surface area contributed by atoms with Crippen molar-refractivity contribution >= 4 is 41.6 Å². The number of hydroxylamine groups is 2. The van der Waals surface area contributed by atoms with Crippen LogP contribution in [-0.2, 0) is 186 Å². The van der Waals surface area contributed by atoms with Gasteiger partial charge in [-0.3, -0.25) is 28.8 Å². The average molecular weight is 2050 g/mol. The van der Waals surface area contributed by atoms with E-state index in [1.807, 2.05) is 91.0 Å². The lowest BCUT2D eigenvalue weighted by molar-refractivity contribution is -0.198. The summed E-state index contributed by atoms with van der Waals surface area (Å²) in [5, 5.41) is 3.61. The molecule has 3 aromatic carbocycles. The van der Waals surface area contributed by atoms with E-state index in [4.69, 9.17) is 133 Å². The Labute approximate surface area is 857 Å². The van der Waals surface area contributed by atoms with Crippen molar-refractivity contribution in [1.82, 2.24) is 10.4 Å². The second-order valence-electron chi connectivity index (χ2n) is 34.0.